The third kappa shape index (κ3) is 5.30. The highest BCUT2D eigenvalue weighted by Crippen LogP contribution is 2.12. The van der Waals surface area contributed by atoms with Gasteiger partial charge in [0.25, 0.3) is 0 Å². The van der Waals surface area contributed by atoms with Crippen LogP contribution in [0, 0.1) is 0 Å². The van der Waals surface area contributed by atoms with E-state index in [-0.39, 0.29) is 18.1 Å². The zero-order chi connectivity index (χ0) is 14.3. The van der Waals surface area contributed by atoms with Crippen molar-refractivity contribution in [3.63, 3.8) is 0 Å². The number of hydrogen-bond donors (Lipinski definition) is 1. The Morgan fingerprint density at radius 1 is 1.26 bits per heavy atom. The lowest BCUT2D eigenvalue weighted by molar-refractivity contribution is -0.145. The van der Waals surface area contributed by atoms with Crippen molar-refractivity contribution in [3.05, 3.63) is 29.8 Å². The lowest BCUT2D eigenvalue weighted by Gasteiger charge is -2.19. The van der Waals surface area contributed by atoms with E-state index in [1.54, 1.807) is 7.11 Å². The molecule has 106 valence electrons. The SMILES string of the molecule is CCOC(=O)C(C)NC(C)Cc1ccc(OC)cc1. The molecule has 0 saturated heterocycles. The Labute approximate surface area is 115 Å². The fourth-order valence-electron chi connectivity index (χ4n) is 1.94. The van der Waals surface area contributed by atoms with Gasteiger partial charge in [0.1, 0.15) is 11.8 Å². The van der Waals surface area contributed by atoms with Crippen molar-refractivity contribution in [2.45, 2.75) is 39.3 Å². The van der Waals surface area contributed by atoms with E-state index in [0.29, 0.717) is 6.61 Å². The average molecular weight is 265 g/mol. The van der Waals surface area contributed by atoms with Crippen molar-refractivity contribution in [2.75, 3.05) is 13.7 Å². The van der Waals surface area contributed by atoms with Gasteiger partial charge in [-0.2, -0.15) is 0 Å². The second-order valence-electron chi connectivity index (χ2n) is 4.59. The average Bonchev–Trinajstić information content (AvgIpc) is 2.39. The second kappa shape index (κ2) is 7.79. The lowest BCUT2D eigenvalue weighted by Crippen LogP contribution is -2.41. The zero-order valence-corrected chi connectivity index (χ0v) is 12.1. The molecule has 0 spiro atoms. The first-order chi connectivity index (χ1) is 9.06. The molecule has 4 heteroatoms. The Kier molecular flexibility index (Phi) is 6.36. The number of benzene rings is 1. The van der Waals surface area contributed by atoms with Crippen molar-refractivity contribution in [3.8, 4) is 5.75 Å². The summed E-state index contributed by atoms with van der Waals surface area (Å²) in [6.07, 6.45) is 0.855. The molecule has 1 aromatic carbocycles. The summed E-state index contributed by atoms with van der Waals surface area (Å²) in [7, 11) is 1.65. The van der Waals surface area contributed by atoms with Gasteiger partial charge in [-0.1, -0.05) is 12.1 Å². The Hall–Kier alpha value is -1.55. The fourth-order valence-corrected chi connectivity index (χ4v) is 1.94. The van der Waals surface area contributed by atoms with Crippen molar-refractivity contribution in [1.82, 2.24) is 5.32 Å². The van der Waals surface area contributed by atoms with Gasteiger partial charge >= 0.3 is 5.97 Å². The molecule has 2 unspecified atom stereocenters. The number of ether oxygens (including phenoxy) is 2. The van der Waals surface area contributed by atoms with Crippen LogP contribution in [0.1, 0.15) is 26.3 Å². The molecule has 1 N–H and O–H groups in total. The third-order valence-corrected chi connectivity index (χ3v) is 2.88. The summed E-state index contributed by atoms with van der Waals surface area (Å²) in [6.45, 7) is 6.10. The molecule has 0 amide bonds. The van der Waals surface area contributed by atoms with Crippen LogP contribution in [0.2, 0.25) is 0 Å². The van der Waals surface area contributed by atoms with E-state index in [2.05, 4.69) is 12.2 Å². The van der Waals surface area contributed by atoms with Crippen LogP contribution >= 0.6 is 0 Å². The first-order valence-electron chi connectivity index (χ1n) is 6.62. The molecule has 0 aromatic heterocycles. The maximum atomic E-state index is 11.5. The molecule has 1 rings (SSSR count). The summed E-state index contributed by atoms with van der Waals surface area (Å²) < 4.78 is 10.1. The van der Waals surface area contributed by atoms with Crippen LogP contribution in [0.25, 0.3) is 0 Å². The smallest absolute Gasteiger partial charge is 0.322 e. The molecule has 19 heavy (non-hydrogen) atoms. The van der Waals surface area contributed by atoms with Gasteiger partial charge in [-0.15, -0.1) is 0 Å². The van der Waals surface area contributed by atoms with Gasteiger partial charge in [-0.3, -0.25) is 4.79 Å². The summed E-state index contributed by atoms with van der Waals surface area (Å²) in [5.41, 5.74) is 1.21. The Morgan fingerprint density at radius 3 is 2.42 bits per heavy atom. The molecular formula is C15H23NO3. The van der Waals surface area contributed by atoms with Gasteiger partial charge in [-0.05, 0) is 44.9 Å². The number of carbonyl (C=O) groups excluding carboxylic acids is 1. The van der Waals surface area contributed by atoms with Crippen LogP contribution in [0.5, 0.6) is 5.75 Å². The van der Waals surface area contributed by atoms with Crippen LogP contribution in [0.4, 0.5) is 0 Å². The minimum absolute atomic E-state index is 0.202. The largest absolute Gasteiger partial charge is 0.497 e. The minimum atomic E-state index is -0.284. The van der Waals surface area contributed by atoms with Crippen LogP contribution in [0.15, 0.2) is 24.3 Å². The van der Waals surface area contributed by atoms with Crippen LogP contribution in [-0.4, -0.2) is 31.8 Å². The summed E-state index contributed by atoms with van der Waals surface area (Å²) in [6, 6.07) is 7.87. The first-order valence-corrected chi connectivity index (χ1v) is 6.62. The fraction of sp³-hybridized carbons (Fsp3) is 0.533. The Bertz CT molecular complexity index is 389. The molecule has 0 radical (unpaired) electrons. The normalized spacial score (nSPS) is 13.7. The summed E-state index contributed by atoms with van der Waals surface area (Å²) in [5.74, 6) is 0.647. The standard InChI is InChI=1S/C15H23NO3/c1-5-19-15(17)12(3)16-11(2)10-13-6-8-14(18-4)9-7-13/h6-9,11-12,16H,5,10H2,1-4H3. The second-order valence-corrected chi connectivity index (χ2v) is 4.59. The highest BCUT2D eigenvalue weighted by atomic mass is 16.5. The number of esters is 1. The number of nitrogens with one attached hydrogen (secondary N) is 1. The molecule has 0 aliphatic carbocycles. The third-order valence-electron chi connectivity index (χ3n) is 2.88. The van der Waals surface area contributed by atoms with Crippen LogP contribution in [0.3, 0.4) is 0 Å². The number of rotatable bonds is 7. The van der Waals surface area contributed by atoms with E-state index in [9.17, 15) is 4.79 Å². The zero-order valence-electron chi connectivity index (χ0n) is 12.1. The summed E-state index contributed by atoms with van der Waals surface area (Å²) >= 11 is 0. The van der Waals surface area contributed by atoms with Crippen LogP contribution < -0.4 is 10.1 Å². The van der Waals surface area contributed by atoms with Crippen molar-refractivity contribution >= 4 is 5.97 Å². The number of methoxy groups -OCH3 is 1. The van der Waals surface area contributed by atoms with Gasteiger partial charge in [0.2, 0.25) is 0 Å². The molecular weight excluding hydrogens is 242 g/mol. The van der Waals surface area contributed by atoms with Gasteiger partial charge in [0.05, 0.1) is 13.7 Å². The van der Waals surface area contributed by atoms with Crippen molar-refractivity contribution in [2.24, 2.45) is 0 Å². The topological polar surface area (TPSA) is 47.6 Å². The minimum Gasteiger partial charge on any atom is -0.497 e. The van der Waals surface area contributed by atoms with Crippen molar-refractivity contribution in [1.29, 1.82) is 0 Å². The van der Waals surface area contributed by atoms with E-state index in [1.165, 1.54) is 5.56 Å². The molecule has 4 nitrogen and oxygen atoms in total. The van der Waals surface area contributed by atoms with Gasteiger partial charge in [-0.25, -0.2) is 0 Å². The van der Waals surface area contributed by atoms with E-state index in [0.717, 1.165) is 12.2 Å². The molecule has 0 saturated carbocycles. The monoisotopic (exact) mass is 265 g/mol. The summed E-state index contributed by atoms with van der Waals surface area (Å²) in [5, 5.41) is 3.24. The molecule has 0 aliphatic rings. The Balaban J connectivity index is 2.45. The first kappa shape index (κ1) is 15.5. The lowest BCUT2D eigenvalue weighted by atomic mass is 10.1. The molecule has 0 bridgehead atoms. The van der Waals surface area contributed by atoms with E-state index in [1.807, 2.05) is 38.1 Å². The highest BCUT2D eigenvalue weighted by Gasteiger charge is 2.16. The molecule has 2 atom stereocenters. The molecule has 0 fully saturated rings. The van der Waals surface area contributed by atoms with Crippen molar-refractivity contribution < 1.29 is 14.3 Å². The highest BCUT2D eigenvalue weighted by molar-refractivity contribution is 5.75. The number of carbonyl (C=O) groups is 1. The predicted molar refractivity (Wildman–Crippen MR) is 75.4 cm³/mol. The summed E-state index contributed by atoms with van der Waals surface area (Å²) in [4.78, 5) is 11.5. The van der Waals surface area contributed by atoms with Gasteiger partial charge < -0.3 is 14.8 Å². The van der Waals surface area contributed by atoms with E-state index >= 15 is 0 Å². The van der Waals surface area contributed by atoms with Gasteiger partial charge in [0, 0.05) is 6.04 Å². The number of hydrogen-bond acceptors (Lipinski definition) is 4. The predicted octanol–water partition coefficient (Wildman–Crippen LogP) is 2.17. The quantitative estimate of drug-likeness (QED) is 0.768. The van der Waals surface area contributed by atoms with E-state index in [4.69, 9.17) is 9.47 Å². The van der Waals surface area contributed by atoms with E-state index < -0.39 is 0 Å². The van der Waals surface area contributed by atoms with Gasteiger partial charge in [0.15, 0.2) is 0 Å². The molecule has 1 aromatic rings. The molecule has 0 aliphatic heterocycles. The Morgan fingerprint density at radius 2 is 1.89 bits per heavy atom. The molecule has 0 heterocycles. The maximum Gasteiger partial charge on any atom is 0.322 e. The maximum absolute atomic E-state index is 11.5. The van der Waals surface area contributed by atoms with Crippen LogP contribution in [-0.2, 0) is 16.0 Å².